The molecule has 1 fully saturated rings. The third-order valence-electron chi connectivity index (χ3n) is 3.81. The summed E-state index contributed by atoms with van der Waals surface area (Å²) in [5.74, 6) is 0.572. The van der Waals surface area contributed by atoms with Crippen molar-refractivity contribution in [3.8, 4) is 11.8 Å². The summed E-state index contributed by atoms with van der Waals surface area (Å²) in [6.45, 7) is 3.58. The van der Waals surface area contributed by atoms with Crippen LogP contribution >= 0.6 is 0 Å². The molecule has 2 rings (SSSR count). The second-order valence-electron chi connectivity index (χ2n) is 5.12. The van der Waals surface area contributed by atoms with Crippen LogP contribution in [-0.2, 0) is 11.3 Å². The second kappa shape index (κ2) is 6.23. The van der Waals surface area contributed by atoms with Crippen LogP contribution in [0.15, 0.2) is 18.2 Å². The molecule has 0 amide bonds. The van der Waals surface area contributed by atoms with Crippen LogP contribution in [0.4, 0.5) is 0 Å². The second-order valence-corrected chi connectivity index (χ2v) is 5.12. The number of rotatable bonds is 5. The van der Waals surface area contributed by atoms with Gasteiger partial charge in [-0.2, -0.15) is 5.26 Å². The minimum atomic E-state index is -0.795. The van der Waals surface area contributed by atoms with Gasteiger partial charge < -0.3 is 19.9 Å². The Hall–Kier alpha value is -1.61. The fourth-order valence-electron chi connectivity index (χ4n) is 2.36. The van der Waals surface area contributed by atoms with Crippen molar-refractivity contribution in [1.82, 2.24) is 5.32 Å². The lowest BCUT2D eigenvalue weighted by Gasteiger charge is -2.26. The van der Waals surface area contributed by atoms with Gasteiger partial charge in [0.15, 0.2) is 0 Å². The maximum Gasteiger partial charge on any atom is 0.136 e. The Labute approximate surface area is 119 Å². The van der Waals surface area contributed by atoms with Crippen molar-refractivity contribution in [3.63, 3.8) is 0 Å². The summed E-state index contributed by atoms with van der Waals surface area (Å²) in [5, 5.41) is 22.5. The lowest BCUT2D eigenvalue weighted by molar-refractivity contribution is -0.0262. The summed E-state index contributed by atoms with van der Waals surface area (Å²) in [6.07, 6.45) is 0.503. The minimum Gasteiger partial charge on any atom is -0.495 e. The molecule has 0 spiro atoms. The molecule has 0 saturated carbocycles. The zero-order valence-corrected chi connectivity index (χ0v) is 11.8. The average molecular weight is 276 g/mol. The number of ether oxygens (including phenoxy) is 2. The summed E-state index contributed by atoms with van der Waals surface area (Å²) >= 11 is 0. The van der Waals surface area contributed by atoms with Crippen molar-refractivity contribution in [3.05, 3.63) is 29.3 Å². The number of nitrogens with one attached hydrogen (secondary N) is 1. The largest absolute Gasteiger partial charge is 0.495 e. The summed E-state index contributed by atoms with van der Waals surface area (Å²) in [6, 6.07) is 7.55. The van der Waals surface area contributed by atoms with Crippen LogP contribution in [0.2, 0.25) is 0 Å². The van der Waals surface area contributed by atoms with Gasteiger partial charge in [-0.25, -0.2) is 0 Å². The monoisotopic (exact) mass is 276 g/mol. The Morgan fingerprint density at radius 1 is 1.60 bits per heavy atom. The van der Waals surface area contributed by atoms with E-state index in [-0.39, 0.29) is 6.10 Å². The van der Waals surface area contributed by atoms with Gasteiger partial charge >= 0.3 is 0 Å². The molecule has 5 nitrogen and oxygen atoms in total. The SMILES string of the molecule is COc1cc(CNCC2(O)CCOC2C)ccc1C#N. The first-order valence-electron chi connectivity index (χ1n) is 6.71. The molecule has 108 valence electrons. The smallest absolute Gasteiger partial charge is 0.136 e. The van der Waals surface area contributed by atoms with Crippen molar-refractivity contribution < 1.29 is 14.6 Å². The van der Waals surface area contributed by atoms with Gasteiger partial charge in [-0.15, -0.1) is 0 Å². The average Bonchev–Trinajstić information content (AvgIpc) is 2.78. The highest BCUT2D eigenvalue weighted by Gasteiger charge is 2.38. The zero-order valence-electron chi connectivity index (χ0n) is 11.8. The van der Waals surface area contributed by atoms with Crippen LogP contribution in [0.25, 0.3) is 0 Å². The van der Waals surface area contributed by atoms with E-state index < -0.39 is 5.60 Å². The lowest BCUT2D eigenvalue weighted by atomic mass is 9.96. The maximum absolute atomic E-state index is 10.4. The normalized spacial score (nSPS) is 25.4. The van der Waals surface area contributed by atoms with Crippen LogP contribution < -0.4 is 10.1 Å². The van der Waals surface area contributed by atoms with Gasteiger partial charge in [0.25, 0.3) is 0 Å². The lowest BCUT2D eigenvalue weighted by Crippen LogP contribution is -2.45. The van der Waals surface area contributed by atoms with Crippen LogP contribution in [0.1, 0.15) is 24.5 Å². The van der Waals surface area contributed by atoms with Crippen LogP contribution in [0.3, 0.4) is 0 Å². The first kappa shape index (κ1) is 14.8. The number of hydrogen-bond donors (Lipinski definition) is 2. The van der Waals surface area contributed by atoms with Crippen LogP contribution in [0, 0.1) is 11.3 Å². The van der Waals surface area contributed by atoms with Gasteiger partial charge in [0.05, 0.1) is 18.8 Å². The third kappa shape index (κ3) is 3.10. The standard InChI is InChI=1S/C15H20N2O3/c1-11-15(18,5-6-20-11)10-17-9-12-3-4-13(8-16)14(7-12)19-2/h3-4,7,11,17-18H,5-6,9-10H2,1-2H3. The van der Waals surface area contributed by atoms with Gasteiger partial charge in [-0.05, 0) is 24.6 Å². The molecule has 20 heavy (non-hydrogen) atoms. The molecule has 1 aromatic rings. The van der Waals surface area contributed by atoms with Crippen LogP contribution in [0.5, 0.6) is 5.75 Å². The third-order valence-corrected chi connectivity index (χ3v) is 3.81. The Morgan fingerprint density at radius 3 is 3.00 bits per heavy atom. The van der Waals surface area contributed by atoms with Gasteiger partial charge in [-0.1, -0.05) is 6.07 Å². The predicted molar refractivity (Wildman–Crippen MR) is 74.4 cm³/mol. The zero-order chi connectivity index (χ0) is 14.6. The van der Waals surface area contributed by atoms with E-state index in [1.807, 2.05) is 19.1 Å². The maximum atomic E-state index is 10.4. The van der Waals surface area contributed by atoms with E-state index in [9.17, 15) is 5.11 Å². The molecule has 1 aliphatic heterocycles. The Bertz CT molecular complexity index is 512. The molecular formula is C15H20N2O3. The number of benzene rings is 1. The number of hydrogen-bond acceptors (Lipinski definition) is 5. The van der Waals surface area contributed by atoms with Crippen molar-refractivity contribution >= 4 is 0 Å². The molecule has 1 aliphatic rings. The quantitative estimate of drug-likeness (QED) is 0.845. The van der Waals surface area contributed by atoms with E-state index in [0.29, 0.717) is 37.4 Å². The van der Waals surface area contributed by atoms with E-state index in [1.54, 1.807) is 13.2 Å². The number of aliphatic hydroxyl groups is 1. The van der Waals surface area contributed by atoms with Gasteiger partial charge in [0.1, 0.15) is 17.4 Å². The summed E-state index contributed by atoms with van der Waals surface area (Å²) in [5.41, 5.74) is 0.736. The Morgan fingerprint density at radius 2 is 2.40 bits per heavy atom. The molecule has 5 heteroatoms. The first-order chi connectivity index (χ1) is 9.59. The molecule has 1 heterocycles. The van der Waals surface area contributed by atoms with Crippen molar-refractivity contribution in [2.24, 2.45) is 0 Å². The molecule has 2 N–H and O–H groups in total. The Balaban J connectivity index is 1.93. The van der Waals surface area contributed by atoms with E-state index in [1.165, 1.54) is 0 Å². The number of nitrogens with zero attached hydrogens (tertiary/aromatic N) is 1. The first-order valence-corrected chi connectivity index (χ1v) is 6.71. The molecule has 2 unspecified atom stereocenters. The van der Waals surface area contributed by atoms with Crippen LogP contribution in [-0.4, -0.2) is 37.1 Å². The summed E-state index contributed by atoms with van der Waals surface area (Å²) in [4.78, 5) is 0. The highest BCUT2D eigenvalue weighted by atomic mass is 16.5. The van der Waals surface area contributed by atoms with E-state index >= 15 is 0 Å². The Kier molecular flexibility index (Phi) is 4.61. The molecule has 0 radical (unpaired) electrons. The van der Waals surface area contributed by atoms with Gasteiger partial charge in [0, 0.05) is 26.1 Å². The predicted octanol–water partition coefficient (Wildman–Crippen LogP) is 1.20. The highest BCUT2D eigenvalue weighted by Crippen LogP contribution is 2.25. The fraction of sp³-hybridized carbons (Fsp3) is 0.533. The van der Waals surface area contributed by atoms with E-state index in [0.717, 1.165) is 5.56 Å². The van der Waals surface area contributed by atoms with E-state index in [2.05, 4.69) is 11.4 Å². The number of nitriles is 1. The molecule has 2 atom stereocenters. The summed E-state index contributed by atoms with van der Waals surface area (Å²) < 4.78 is 10.6. The molecule has 0 aliphatic carbocycles. The van der Waals surface area contributed by atoms with E-state index in [4.69, 9.17) is 14.7 Å². The highest BCUT2D eigenvalue weighted by molar-refractivity contribution is 5.45. The van der Waals surface area contributed by atoms with Crippen molar-refractivity contribution in [2.45, 2.75) is 31.6 Å². The number of methoxy groups -OCH3 is 1. The molecule has 1 aromatic carbocycles. The fourth-order valence-corrected chi connectivity index (χ4v) is 2.36. The molecular weight excluding hydrogens is 256 g/mol. The molecule has 0 bridgehead atoms. The molecule has 1 saturated heterocycles. The molecule has 0 aromatic heterocycles. The summed E-state index contributed by atoms with van der Waals surface area (Å²) in [7, 11) is 1.55. The van der Waals surface area contributed by atoms with Crippen molar-refractivity contribution in [1.29, 1.82) is 5.26 Å². The minimum absolute atomic E-state index is 0.148. The van der Waals surface area contributed by atoms with Gasteiger partial charge in [-0.3, -0.25) is 0 Å². The van der Waals surface area contributed by atoms with Gasteiger partial charge in [0.2, 0.25) is 0 Å². The van der Waals surface area contributed by atoms with Crippen molar-refractivity contribution in [2.75, 3.05) is 20.3 Å². The topological polar surface area (TPSA) is 74.5 Å².